The SMILES string of the molecule is FC(F)(F)c1cc(-c2nc([C@@H]3CCCN3)c[nH]2)cc(C(F)(F)F)c1. The number of hydrogen-bond donors (Lipinski definition) is 2. The highest BCUT2D eigenvalue weighted by atomic mass is 19.4. The van der Waals surface area contributed by atoms with Crippen LogP contribution in [0.25, 0.3) is 11.4 Å². The van der Waals surface area contributed by atoms with Gasteiger partial charge in [-0.15, -0.1) is 0 Å². The molecule has 2 aromatic rings. The first-order valence-electron chi connectivity index (χ1n) is 7.23. The summed E-state index contributed by atoms with van der Waals surface area (Å²) in [5.74, 6) is -0.0182. The molecule has 1 aliphatic heterocycles. The van der Waals surface area contributed by atoms with E-state index in [2.05, 4.69) is 15.3 Å². The van der Waals surface area contributed by atoms with Crippen LogP contribution in [0.5, 0.6) is 0 Å². The van der Waals surface area contributed by atoms with Crippen LogP contribution >= 0.6 is 0 Å². The summed E-state index contributed by atoms with van der Waals surface area (Å²) < 4.78 is 77.4. The topological polar surface area (TPSA) is 40.7 Å². The quantitative estimate of drug-likeness (QED) is 0.782. The van der Waals surface area contributed by atoms with Gasteiger partial charge in [-0.3, -0.25) is 0 Å². The second kappa shape index (κ2) is 5.80. The molecule has 0 aliphatic carbocycles. The van der Waals surface area contributed by atoms with Crippen LogP contribution in [0.4, 0.5) is 26.3 Å². The third kappa shape index (κ3) is 3.40. The molecule has 9 heteroatoms. The summed E-state index contributed by atoms with van der Waals surface area (Å²) in [6, 6.07) is 1.40. The summed E-state index contributed by atoms with van der Waals surface area (Å²) in [5.41, 5.74) is -2.39. The van der Waals surface area contributed by atoms with Gasteiger partial charge in [-0.25, -0.2) is 4.98 Å². The minimum absolute atomic E-state index is 0.0182. The fourth-order valence-corrected chi connectivity index (χ4v) is 2.69. The van der Waals surface area contributed by atoms with Gasteiger partial charge in [0.05, 0.1) is 22.9 Å². The number of nitrogens with zero attached hydrogens (tertiary/aromatic N) is 1. The van der Waals surface area contributed by atoms with E-state index in [1.165, 1.54) is 6.20 Å². The molecule has 3 nitrogen and oxygen atoms in total. The van der Waals surface area contributed by atoms with Crippen molar-refractivity contribution in [3.63, 3.8) is 0 Å². The van der Waals surface area contributed by atoms with Crippen molar-refractivity contribution < 1.29 is 26.3 Å². The lowest BCUT2D eigenvalue weighted by molar-refractivity contribution is -0.143. The van der Waals surface area contributed by atoms with E-state index in [4.69, 9.17) is 0 Å². The van der Waals surface area contributed by atoms with E-state index in [1.807, 2.05) is 0 Å². The second-order valence-electron chi connectivity index (χ2n) is 5.62. The predicted molar refractivity (Wildman–Crippen MR) is 74.0 cm³/mol. The van der Waals surface area contributed by atoms with Crippen LogP contribution in [0.3, 0.4) is 0 Å². The number of halogens is 6. The number of hydrogen-bond acceptors (Lipinski definition) is 2. The summed E-state index contributed by atoms with van der Waals surface area (Å²) in [7, 11) is 0. The fourth-order valence-electron chi connectivity index (χ4n) is 2.69. The number of aromatic amines is 1. The van der Waals surface area contributed by atoms with E-state index < -0.39 is 23.5 Å². The van der Waals surface area contributed by atoms with Gasteiger partial charge in [0, 0.05) is 11.8 Å². The van der Waals surface area contributed by atoms with Crippen molar-refractivity contribution in [3.05, 3.63) is 41.2 Å². The highest BCUT2D eigenvalue weighted by molar-refractivity contribution is 5.59. The van der Waals surface area contributed by atoms with Crippen molar-refractivity contribution in [3.8, 4) is 11.4 Å². The van der Waals surface area contributed by atoms with Crippen LogP contribution in [-0.2, 0) is 12.4 Å². The number of benzene rings is 1. The monoisotopic (exact) mass is 349 g/mol. The Balaban J connectivity index is 2.03. The van der Waals surface area contributed by atoms with E-state index in [1.54, 1.807) is 0 Å². The minimum atomic E-state index is -4.88. The van der Waals surface area contributed by atoms with Crippen molar-refractivity contribution in [1.29, 1.82) is 0 Å². The molecular weight excluding hydrogens is 336 g/mol. The second-order valence-corrected chi connectivity index (χ2v) is 5.62. The minimum Gasteiger partial charge on any atom is -0.344 e. The Morgan fingerprint density at radius 2 is 1.58 bits per heavy atom. The van der Waals surface area contributed by atoms with Gasteiger partial charge in [-0.05, 0) is 37.6 Å². The van der Waals surface area contributed by atoms with E-state index in [-0.39, 0.29) is 23.5 Å². The number of aromatic nitrogens is 2. The molecule has 3 rings (SSSR count). The molecule has 0 bridgehead atoms. The summed E-state index contributed by atoms with van der Waals surface area (Å²) in [6.45, 7) is 0.800. The molecule has 1 fully saturated rings. The molecule has 0 unspecified atom stereocenters. The van der Waals surface area contributed by atoms with Crippen molar-refractivity contribution in [2.24, 2.45) is 0 Å². The lowest BCUT2D eigenvalue weighted by Gasteiger charge is -2.13. The number of nitrogens with one attached hydrogen (secondary N) is 2. The molecule has 130 valence electrons. The normalized spacial score (nSPS) is 19.0. The zero-order valence-electron chi connectivity index (χ0n) is 12.2. The van der Waals surface area contributed by atoms with Crippen LogP contribution in [0.1, 0.15) is 35.7 Å². The molecule has 2 N–H and O–H groups in total. The first-order valence-corrected chi connectivity index (χ1v) is 7.23. The summed E-state index contributed by atoms with van der Waals surface area (Å²) in [6.07, 6.45) is -6.49. The Bertz CT molecular complexity index is 693. The average Bonchev–Trinajstić information content (AvgIpc) is 3.16. The summed E-state index contributed by atoms with van der Waals surface area (Å²) in [4.78, 5) is 6.83. The van der Waals surface area contributed by atoms with Crippen molar-refractivity contribution in [2.45, 2.75) is 31.2 Å². The van der Waals surface area contributed by atoms with Crippen LogP contribution in [0, 0.1) is 0 Å². The Labute approximate surface area is 133 Å². The third-order valence-corrected chi connectivity index (χ3v) is 3.88. The molecule has 0 spiro atoms. The largest absolute Gasteiger partial charge is 0.416 e. The van der Waals surface area contributed by atoms with E-state index >= 15 is 0 Å². The molecule has 1 aromatic heterocycles. The Morgan fingerprint density at radius 1 is 0.958 bits per heavy atom. The summed E-state index contributed by atoms with van der Waals surface area (Å²) >= 11 is 0. The lowest BCUT2D eigenvalue weighted by Crippen LogP contribution is -2.13. The molecule has 1 saturated heterocycles. The maximum absolute atomic E-state index is 12.9. The van der Waals surface area contributed by atoms with Gasteiger partial charge in [0.2, 0.25) is 0 Å². The lowest BCUT2D eigenvalue weighted by atomic mass is 10.0. The van der Waals surface area contributed by atoms with Gasteiger partial charge in [0.15, 0.2) is 0 Å². The number of imidazole rings is 1. The van der Waals surface area contributed by atoms with Crippen molar-refractivity contribution in [2.75, 3.05) is 6.54 Å². The van der Waals surface area contributed by atoms with Crippen molar-refractivity contribution >= 4 is 0 Å². The van der Waals surface area contributed by atoms with Crippen molar-refractivity contribution in [1.82, 2.24) is 15.3 Å². The number of H-pyrrole nitrogens is 1. The van der Waals surface area contributed by atoms with Gasteiger partial charge in [-0.1, -0.05) is 0 Å². The third-order valence-electron chi connectivity index (χ3n) is 3.88. The zero-order chi connectivity index (χ0) is 17.5. The van der Waals surface area contributed by atoms with Crippen LogP contribution < -0.4 is 5.32 Å². The van der Waals surface area contributed by atoms with Gasteiger partial charge in [-0.2, -0.15) is 26.3 Å². The maximum atomic E-state index is 12.9. The summed E-state index contributed by atoms with van der Waals surface area (Å²) in [5, 5.41) is 3.17. The molecule has 1 atom stereocenters. The molecule has 2 heterocycles. The molecule has 0 amide bonds. The Hall–Kier alpha value is -2.03. The van der Waals surface area contributed by atoms with E-state index in [9.17, 15) is 26.3 Å². The molecule has 0 radical (unpaired) electrons. The van der Waals surface area contributed by atoms with Crippen LogP contribution in [-0.4, -0.2) is 16.5 Å². The Kier molecular flexibility index (Phi) is 4.06. The van der Waals surface area contributed by atoms with Gasteiger partial charge in [0.1, 0.15) is 5.82 Å². The highest BCUT2D eigenvalue weighted by Gasteiger charge is 2.37. The van der Waals surface area contributed by atoms with E-state index in [0.717, 1.165) is 19.4 Å². The molecular formula is C15H13F6N3. The first kappa shape index (κ1) is 16.8. The molecule has 0 saturated carbocycles. The molecule has 1 aromatic carbocycles. The fraction of sp³-hybridized carbons (Fsp3) is 0.400. The van der Waals surface area contributed by atoms with Crippen LogP contribution in [0.2, 0.25) is 0 Å². The first-order chi connectivity index (χ1) is 11.1. The van der Waals surface area contributed by atoms with Crippen LogP contribution in [0.15, 0.2) is 24.4 Å². The molecule has 24 heavy (non-hydrogen) atoms. The van der Waals surface area contributed by atoms with Gasteiger partial charge in [0.25, 0.3) is 0 Å². The smallest absolute Gasteiger partial charge is 0.344 e. The zero-order valence-corrected chi connectivity index (χ0v) is 12.2. The number of rotatable bonds is 2. The standard InChI is InChI=1S/C15H13F6N3/c16-14(17,18)9-4-8(5-10(6-9)15(19,20)21)13-23-7-12(24-13)11-2-1-3-22-11/h4-7,11,22H,1-3H2,(H,23,24)/t11-/m0/s1. The van der Waals surface area contributed by atoms with E-state index in [0.29, 0.717) is 17.8 Å². The Morgan fingerprint density at radius 3 is 2.08 bits per heavy atom. The molecule has 1 aliphatic rings. The maximum Gasteiger partial charge on any atom is 0.416 e. The van der Waals surface area contributed by atoms with Gasteiger partial charge >= 0.3 is 12.4 Å². The van der Waals surface area contributed by atoms with Gasteiger partial charge < -0.3 is 10.3 Å². The highest BCUT2D eigenvalue weighted by Crippen LogP contribution is 2.38. The predicted octanol–water partition coefficient (Wildman–Crippen LogP) is 4.54. The average molecular weight is 349 g/mol. The number of alkyl halides is 6.